The number of hydrogen-bond donors (Lipinski definition) is 2. The van der Waals surface area contributed by atoms with Gasteiger partial charge in [-0.2, -0.15) is 0 Å². The van der Waals surface area contributed by atoms with Crippen molar-refractivity contribution in [3.63, 3.8) is 0 Å². The molecule has 0 bridgehead atoms. The molecule has 120 valence electrons. The average molecular weight is 332 g/mol. The smallest absolute Gasteiger partial charge is 0.237 e. The summed E-state index contributed by atoms with van der Waals surface area (Å²) in [4.78, 5) is 18.0. The van der Waals surface area contributed by atoms with E-state index >= 15 is 0 Å². The number of thiazole rings is 1. The summed E-state index contributed by atoms with van der Waals surface area (Å²) in [7, 11) is 0. The second-order valence-electron chi connectivity index (χ2n) is 5.64. The Morgan fingerprint density at radius 3 is 2.81 bits per heavy atom. The number of nitrogens with one attached hydrogen (secondary N) is 1. The minimum absolute atomic E-state index is 0. The van der Waals surface area contributed by atoms with Crippen LogP contribution in [-0.4, -0.2) is 23.5 Å². The molecule has 2 rings (SSSR count). The third kappa shape index (κ3) is 4.94. The molecule has 0 spiro atoms. The predicted molar refractivity (Wildman–Crippen MR) is 90.1 cm³/mol. The molecule has 3 N–H and O–H groups in total. The standard InChI is InChI=1S/C15H25N3OS.ClH/c1-3-10(2)14(16)15(19)17-9-8-13-18-11-6-4-5-7-12(11)20-13;/h10,14H,3-9,16H2,1-2H3,(H,17,19);1H. The van der Waals surface area contributed by atoms with Crippen LogP contribution in [-0.2, 0) is 24.1 Å². The van der Waals surface area contributed by atoms with Gasteiger partial charge in [0.25, 0.3) is 0 Å². The van der Waals surface area contributed by atoms with Crippen molar-refractivity contribution in [3.05, 3.63) is 15.6 Å². The van der Waals surface area contributed by atoms with Crippen molar-refractivity contribution in [2.75, 3.05) is 6.54 Å². The van der Waals surface area contributed by atoms with Crippen molar-refractivity contribution >= 4 is 29.7 Å². The molecule has 1 aliphatic carbocycles. The van der Waals surface area contributed by atoms with Crippen molar-refractivity contribution in [2.45, 2.75) is 58.4 Å². The summed E-state index contributed by atoms with van der Waals surface area (Å²) in [6.45, 7) is 4.70. The first-order valence-corrected chi connectivity index (χ1v) is 8.44. The molecule has 0 saturated heterocycles. The molecule has 1 aromatic rings. The lowest BCUT2D eigenvalue weighted by atomic mass is 9.99. The number of rotatable bonds is 6. The molecule has 1 aromatic heterocycles. The van der Waals surface area contributed by atoms with Gasteiger partial charge in [0.15, 0.2) is 0 Å². The van der Waals surface area contributed by atoms with Crippen LogP contribution < -0.4 is 11.1 Å². The first-order valence-electron chi connectivity index (χ1n) is 7.62. The van der Waals surface area contributed by atoms with Crippen molar-refractivity contribution in [1.82, 2.24) is 10.3 Å². The molecular weight excluding hydrogens is 306 g/mol. The summed E-state index contributed by atoms with van der Waals surface area (Å²) in [6, 6.07) is -0.399. The van der Waals surface area contributed by atoms with Crippen LogP contribution in [0.2, 0.25) is 0 Å². The van der Waals surface area contributed by atoms with Crippen LogP contribution >= 0.6 is 23.7 Å². The van der Waals surface area contributed by atoms with Gasteiger partial charge in [-0.3, -0.25) is 4.79 Å². The molecule has 0 saturated carbocycles. The molecule has 4 nitrogen and oxygen atoms in total. The molecule has 21 heavy (non-hydrogen) atoms. The molecule has 0 fully saturated rings. The second kappa shape index (κ2) is 8.71. The predicted octanol–water partition coefficient (Wildman–Crippen LogP) is 2.48. The zero-order valence-corrected chi connectivity index (χ0v) is 14.5. The second-order valence-corrected chi connectivity index (χ2v) is 6.81. The van der Waals surface area contributed by atoms with Gasteiger partial charge in [-0.25, -0.2) is 4.98 Å². The van der Waals surface area contributed by atoms with Gasteiger partial charge in [0.2, 0.25) is 5.91 Å². The van der Waals surface area contributed by atoms with E-state index in [0.29, 0.717) is 6.54 Å². The highest BCUT2D eigenvalue weighted by Crippen LogP contribution is 2.26. The Labute approximate surface area is 137 Å². The van der Waals surface area contributed by atoms with Gasteiger partial charge in [-0.15, -0.1) is 23.7 Å². The lowest BCUT2D eigenvalue weighted by molar-refractivity contribution is -0.123. The van der Waals surface area contributed by atoms with Crippen molar-refractivity contribution < 1.29 is 4.79 Å². The zero-order valence-electron chi connectivity index (χ0n) is 12.9. The van der Waals surface area contributed by atoms with Crippen molar-refractivity contribution in [3.8, 4) is 0 Å². The van der Waals surface area contributed by atoms with E-state index in [1.165, 1.54) is 29.8 Å². The van der Waals surface area contributed by atoms with Gasteiger partial charge < -0.3 is 11.1 Å². The number of aryl methyl sites for hydroxylation is 2. The maximum atomic E-state index is 11.9. The monoisotopic (exact) mass is 331 g/mol. The highest BCUT2D eigenvalue weighted by Gasteiger charge is 2.19. The lowest BCUT2D eigenvalue weighted by Gasteiger charge is -2.17. The molecular formula is C15H26ClN3OS. The maximum absolute atomic E-state index is 11.9. The van der Waals surface area contributed by atoms with E-state index in [-0.39, 0.29) is 24.2 Å². The molecule has 6 heteroatoms. The SMILES string of the molecule is CCC(C)C(N)C(=O)NCCc1nc2c(s1)CCCC2.Cl. The van der Waals surface area contributed by atoms with Gasteiger partial charge in [-0.1, -0.05) is 20.3 Å². The fourth-order valence-corrected chi connectivity index (χ4v) is 3.59. The van der Waals surface area contributed by atoms with E-state index in [0.717, 1.165) is 24.3 Å². The van der Waals surface area contributed by atoms with Crippen LogP contribution in [0.1, 0.15) is 48.7 Å². The Hall–Kier alpha value is -0.650. The number of nitrogens with two attached hydrogens (primary N) is 1. The van der Waals surface area contributed by atoms with E-state index in [2.05, 4.69) is 17.2 Å². The van der Waals surface area contributed by atoms with Crippen LogP contribution in [0, 0.1) is 5.92 Å². The van der Waals surface area contributed by atoms with E-state index in [1.807, 2.05) is 18.3 Å². The highest BCUT2D eigenvalue weighted by atomic mass is 35.5. The summed E-state index contributed by atoms with van der Waals surface area (Å²) in [5.41, 5.74) is 7.20. The first-order chi connectivity index (χ1) is 9.61. The molecule has 1 amide bonds. The third-order valence-corrected chi connectivity index (χ3v) is 5.30. The number of nitrogens with zero attached hydrogens (tertiary/aromatic N) is 1. The molecule has 1 aliphatic rings. The Morgan fingerprint density at radius 2 is 2.14 bits per heavy atom. The van der Waals surface area contributed by atoms with Crippen LogP contribution in [0.4, 0.5) is 0 Å². The summed E-state index contributed by atoms with van der Waals surface area (Å²) in [5.74, 6) is 0.183. The number of carbonyl (C=O) groups is 1. The Balaban J connectivity index is 0.00000220. The highest BCUT2D eigenvalue weighted by molar-refractivity contribution is 7.11. The quantitative estimate of drug-likeness (QED) is 0.841. The van der Waals surface area contributed by atoms with Gasteiger partial charge >= 0.3 is 0 Å². The normalized spacial score (nSPS) is 16.5. The minimum atomic E-state index is -0.399. The van der Waals surface area contributed by atoms with E-state index in [1.54, 1.807) is 0 Å². The molecule has 1 heterocycles. The number of aromatic nitrogens is 1. The molecule has 0 aliphatic heterocycles. The number of amides is 1. The van der Waals surface area contributed by atoms with Crippen LogP contribution in [0.25, 0.3) is 0 Å². The summed E-state index contributed by atoms with van der Waals surface area (Å²) < 4.78 is 0. The Bertz CT molecular complexity index is 440. The fraction of sp³-hybridized carbons (Fsp3) is 0.733. The van der Waals surface area contributed by atoms with Gasteiger partial charge in [0, 0.05) is 17.8 Å². The third-order valence-electron chi connectivity index (χ3n) is 4.09. The molecule has 0 aromatic carbocycles. The Morgan fingerprint density at radius 1 is 1.43 bits per heavy atom. The van der Waals surface area contributed by atoms with E-state index in [9.17, 15) is 4.79 Å². The van der Waals surface area contributed by atoms with E-state index in [4.69, 9.17) is 5.73 Å². The average Bonchev–Trinajstić information content (AvgIpc) is 2.88. The molecule has 2 atom stereocenters. The lowest BCUT2D eigenvalue weighted by Crippen LogP contribution is -2.45. The number of fused-ring (bicyclic) bond motifs is 1. The molecule has 2 unspecified atom stereocenters. The number of hydrogen-bond acceptors (Lipinski definition) is 4. The van der Waals surface area contributed by atoms with Crippen LogP contribution in [0.3, 0.4) is 0 Å². The fourth-order valence-electron chi connectivity index (χ4n) is 2.44. The van der Waals surface area contributed by atoms with Gasteiger partial charge in [0.1, 0.15) is 0 Å². The van der Waals surface area contributed by atoms with Gasteiger partial charge in [0.05, 0.1) is 16.7 Å². The topological polar surface area (TPSA) is 68.0 Å². The number of halogens is 1. The van der Waals surface area contributed by atoms with E-state index < -0.39 is 6.04 Å². The Kier molecular flexibility index (Phi) is 7.63. The van der Waals surface area contributed by atoms with Crippen molar-refractivity contribution in [1.29, 1.82) is 0 Å². The zero-order chi connectivity index (χ0) is 14.5. The largest absolute Gasteiger partial charge is 0.354 e. The first kappa shape index (κ1) is 18.4. The van der Waals surface area contributed by atoms with Crippen LogP contribution in [0.5, 0.6) is 0 Å². The summed E-state index contributed by atoms with van der Waals surface area (Å²) in [6.07, 6.45) is 6.59. The van der Waals surface area contributed by atoms with Crippen molar-refractivity contribution in [2.24, 2.45) is 11.7 Å². The minimum Gasteiger partial charge on any atom is -0.354 e. The summed E-state index contributed by atoms with van der Waals surface area (Å²) >= 11 is 1.81. The maximum Gasteiger partial charge on any atom is 0.237 e. The number of carbonyl (C=O) groups excluding carboxylic acids is 1. The molecule has 0 radical (unpaired) electrons. The van der Waals surface area contributed by atoms with Crippen LogP contribution in [0.15, 0.2) is 0 Å². The van der Waals surface area contributed by atoms with Gasteiger partial charge in [-0.05, 0) is 31.6 Å². The summed E-state index contributed by atoms with van der Waals surface area (Å²) in [5, 5.41) is 4.08.